The maximum Gasteiger partial charge on any atom is 0.0997 e. The Morgan fingerprint density at radius 3 is 3.00 bits per heavy atom. The number of hydrogen-bond donors (Lipinski definition) is 0. The average molecular weight is 218 g/mol. The summed E-state index contributed by atoms with van der Waals surface area (Å²) in [5.41, 5.74) is 0.757. The van der Waals surface area contributed by atoms with Gasteiger partial charge >= 0.3 is 0 Å². The molecule has 1 heterocycles. The SMILES string of the molecule is N#CC1=CI=NC=C1. The van der Waals surface area contributed by atoms with Crippen LogP contribution in [0, 0.1) is 11.3 Å². The van der Waals surface area contributed by atoms with Crippen molar-refractivity contribution in [2.24, 2.45) is 3.15 Å². The summed E-state index contributed by atoms with van der Waals surface area (Å²) in [6.07, 6.45) is 3.43. The monoisotopic (exact) mass is 218 g/mol. The van der Waals surface area contributed by atoms with E-state index in [9.17, 15) is 0 Å². The van der Waals surface area contributed by atoms with Gasteiger partial charge in [-0.15, -0.1) is 0 Å². The molecule has 0 bridgehead atoms. The van der Waals surface area contributed by atoms with Crippen molar-refractivity contribution in [1.82, 2.24) is 0 Å². The fraction of sp³-hybridized carbons (Fsp3) is 0. The van der Waals surface area contributed by atoms with Crippen molar-refractivity contribution >= 4 is 21.0 Å². The van der Waals surface area contributed by atoms with Gasteiger partial charge in [-0.25, -0.2) is 3.15 Å². The normalized spacial score (nSPS) is 16.1. The van der Waals surface area contributed by atoms with Crippen molar-refractivity contribution in [3.63, 3.8) is 0 Å². The van der Waals surface area contributed by atoms with Crippen molar-refractivity contribution in [3.05, 3.63) is 21.9 Å². The summed E-state index contributed by atoms with van der Waals surface area (Å²) in [6.45, 7) is 0. The molecule has 0 amide bonds. The van der Waals surface area contributed by atoms with Crippen LogP contribution in [0.25, 0.3) is 0 Å². The Balaban J connectivity index is 2.88. The topological polar surface area (TPSA) is 36.1 Å². The smallest absolute Gasteiger partial charge is 0.0997 e. The highest BCUT2D eigenvalue weighted by Crippen LogP contribution is 2.13. The van der Waals surface area contributed by atoms with Crippen molar-refractivity contribution in [2.45, 2.75) is 0 Å². The predicted molar refractivity (Wildman–Crippen MR) is 39.3 cm³/mol. The lowest BCUT2D eigenvalue weighted by Gasteiger charge is -1.85. The van der Waals surface area contributed by atoms with E-state index in [1.165, 1.54) is 0 Å². The number of rotatable bonds is 0. The highest BCUT2D eigenvalue weighted by atomic mass is 127. The van der Waals surface area contributed by atoms with E-state index in [2.05, 4.69) is 3.15 Å². The van der Waals surface area contributed by atoms with Gasteiger partial charge in [-0.2, -0.15) is 5.26 Å². The number of allylic oxidation sites excluding steroid dienone is 2. The van der Waals surface area contributed by atoms with Crippen LogP contribution in [-0.4, -0.2) is 0 Å². The molecule has 0 aromatic carbocycles. The Labute approximate surface area is 57.7 Å². The van der Waals surface area contributed by atoms with Crippen molar-refractivity contribution in [1.29, 1.82) is 5.26 Å². The lowest BCUT2D eigenvalue weighted by molar-refractivity contribution is 1.49. The van der Waals surface area contributed by atoms with Crippen LogP contribution in [0.5, 0.6) is 0 Å². The van der Waals surface area contributed by atoms with Crippen LogP contribution in [-0.2, 0) is 0 Å². The van der Waals surface area contributed by atoms with Crippen molar-refractivity contribution in [3.8, 4) is 6.07 Å². The fourth-order valence-corrected chi connectivity index (χ4v) is 1.47. The third-order valence-corrected chi connectivity index (χ3v) is 2.25. The molecule has 3 heteroatoms. The summed E-state index contributed by atoms with van der Waals surface area (Å²) in [5, 5.41) is 8.30. The Bertz CT molecular complexity index is 207. The number of nitrogens with zero attached hydrogens (tertiary/aromatic N) is 2. The maximum atomic E-state index is 8.30. The molecular weight excluding hydrogens is 215 g/mol. The molecule has 1 rings (SSSR count). The Morgan fingerprint density at radius 2 is 2.62 bits per heavy atom. The van der Waals surface area contributed by atoms with Crippen LogP contribution >= 0.6 is 21.0 Å². The van der Waals surface area contributed by atoms with E-state index in [0.29, 0.717) is 0 Å². The molecule has 0 N–H and O–H groups in total. The lowest BCUT2D eigenvalue weighted by atomic mass is 10.3. The first-order valence-corrected chi connectivity index (χ1v) is 4.24. The second kappa shape index (κ2) is 2.72. The van der Waals surface area contributed by atoms with E-state index in [1.807, 2.05) is 10.2 Å². The minimum absolute atomic E-state index is 0.178. The number of hydrogen-bond acceptors (Lipinski definition) is 2. The van der Waals surface area contributed by atoms with E-state index in [-0.39, 0.29) is 21.0 Å². The van der Waals surface area contributed by atoms with Gasteiger partial charge in [-0.05, 0) is 6.08 Å². The first-order valence-electron chi connectivity index (χ1n) is 2.03. The van der Waals surface area contributed by atoms with Crippen LogP contribution in [0.3, 0.4) is 0 Å². The molecule has 2 nitrogen and oxygen atoms in total. The van der Waals surface area contributed by atoms with Gasteiger partial charge in [0, 0.05) is 31.3 Å². The quantitative estimate of drug-likeness (QED) is 0.573. The molecule has 8 heavy (non-hydrogen) atoms. The first-order chi connectivity index (χ1) is 3.93. The molecule has 0 saturated heterocycles. The fourth-order valence-electron chi connectivity index (χ4n) is 0.320. The zero-order valence-electron chi connectivity index (χ0n) is 4.00. The summed E-state index contributed by atoms with van der Waals surface area (Å²) in [7, 11) is 0. The summed E-state index contributed by atoms with van der Waals surface area (Å²) in [6, 6.07) is 2.05. The molecule has 1 aliphatic heterocycles. The summed E-state index contributed by atoms with van der Waals surface area (Å²) >= 11 is -0.178. The molecule has 0 aromatic heterocycles. The Hall–Kier alpha value is -0.500. The van der Waals surface area contributed by atoms with E-state index >= 15 is 0 Å². The van der Waals surface area contributed by atoms with Crippen LogP contribution in [0.2, 0.25) is 0 Å². The van der Waals surface area contributed by atoms with Crippen molar-refractivity contribution < 1.29 is 0 Å². The molecule has 0 radical (unpaired) electrons. The van der Waals surface area contributed by atoms with Gasteiger partial charge in [0.15, 0.2) is 0 Å². The van der Waals surface area contributed by atoms with Gasteiger partial charge in [0.1, 0.15) is 0 Å². The molecule has 40 valence electrons. The first kappa shape index (κ1) is 5.63. The number of nitriles is 1. The van der Waals surface area contributed by atoms with Gasteiger partial charge < -0.3 is 0 Å². The number of halogens is 1. The lowest BCUT2D eigenvalue weighted by Crippen LogP contribution is -1.67. The zero-order chi connectivity index (χ0) is 5.82. The Kier molecular flexibility index (Phi) is 1.92. The second-order valence-electron chi connectivity index (χ2n) is 1.19. The highest BCUT2D eigenvalue weighted by Gasteiger charge is 1.87. The molecule has 1 aliphatic rings. The van der Waals surface area contributed by atoms with Crippen LogP contribution in [0.4, 0.5) is 0 Å². The molecule has 0 saturated carbocycles. The van der Waals surface area contributed by atoms with Gasteiger partial charge in [0.05, 0.1) is 11.6 Å². The molecule has 0 aliphatic carbocycles. The highest BCUT2D eigenvalue weighted by molar-refractivity contribution is 14.2. The summed E-state index contributed by atoms with van der Waals surface area (Å²) in [5.74, 6) is 0. The summed E-state index contributed by atoms with van der Waals surface area (Å²) in [4.78, 5) is 0. The molecule has 0 spiro atoms. The van der Waals surface area contributed by atoms with Gasteiger partial charge in [0.2, 0.25) is 0 Å². The minimum atomic E-state index is -0.178. The molecular formula is C5H3IN2. The largest absolute Gasteiger partial charge is 0.230 e. The van der Waals surface area contributed by atoms with Gasteiger partial charge in [-0.1, -0.05) is 0 Å². The van der Waals surface area contributed by atoms with E-state index in [0.717, 1.165) is 5.57 Å². The average Bonchev–Trinajstić information content (AvgIpc) is 1.90. The van der Waals surface area contributed by atoms with Gasteiger partial charge in [0.25, 0.3) is 0 Å². The van der Waals surface area contributed by atoms with E-state index < -0.39 is 0 Å². The summed E-state index contributed by atoms with van der Waals surface area (Å²) < 4.78 is 5.88. The maximum absolute atomic E-state index is 8.30. The third kappa shape index (κ3) is 1.23. The van der Waals surface area contributed by atoms with Crippen molar-refractivity contribution in [2.75, 3.05) is 0 Å². The van der Waals surface area contributed by atoms with E-state index in [1.54, 1.807) is 12.3 Å². The van der Waals surface area contributed by atoms with Crippen LogP contribution in [0.15, 0.2) is 25.1 Å². The third-order valence-electron chi connectivity index (χ3n) is 0.662. The molecule has 0 unspecified atom stereocenters. The van der Waals surface area contributed by atoms with Crippen LogP contribution in [0.1, 0.15) is 0 Å². The standard InChI is InChI=1S/C5H3IN2/c7-4-5-1-2-8-6-3-5/h1-3H. The molecule has 0 aromatic rings. The Morgan fingerprint density at radius 1 is 1.75 bits per heavy atom. The molecule has 0 atom stereocenters. The molecule has 0 fully saturated rings. The van der Waals surface area contributed by atoms with E-state index in [4.69, 9.17) is 5.26 Å². The van der Waals surface area contributed by atoms with Gasteiger partial charge in [-0.3, -0.25) is 0 Å². The second-order valence-corrected chi connectivity index (χ2v) is 2.92. The predicted octanol–water partition coefficient (Wildman–Crippen LogP) is 2.08. The zero-order valence-corrected chi connectivity index (χ0v) is 6.16. The minimum Gasteiger partial charge on any atom is -0.230 e. The van der Waals surface area contributed by atoms with Crippen LogP contribution < -0.4 is 0 Å².